The SMILES string of the molecule is CCNC(=NCc1nccn1CC(C)C)N1CCC(c2ccccc2)C1. The third-order valence-electron chi connectivity index (χ3n) is 4.83. The maximum atomic E-state index is 4.88. The van der Waals surface area contributed by atoms with Gasteiger partial charge in [0, 0.05) is 44.5 Å². The number of aliphatic imine (C=N–C) groups is 1. The molecule has 1 saturated heterocycles. The summed E-state index contributed by atoms with van der Waals surface area (Å²) in [5.74, 6) is 3.23. The molecule has 1 aliphatic rings. The first-order valence-corrected chi connectivity index (χ1v) is 9.75. The molecule has 5 heteroatoms. The summed E-state index contributed by atoms with van der Waals surface area (Å²) >= 11 is 0. The van der Waals surface area contributed by atoms with Crippen LogP contribution in [-0.2, 0) is 13.1 Å². The fraction of sp³-hybridized carbons (Fsp3) is 0.524. The summed E-state index contributed by atoms with van der Waals surface area (Å²) in [5.41, 5.74) is 1.43. The number of hydrogen-bond donors (Lipinski definition) is 1. The largest absolute Gasteiger partial charge is 0.357 e. The second-order valence-electron chi connectivity index (χ2n) is 7.40. The summed E-state index contributed by atoms with van der Waals surface area (Å²) in [6.07, 6.45) is 5.11. The number of benzene rings is 1. The van der Waals surface area contributed by atoms with Gasteiger partial charge in [-0.3, -0.25) is 0 Å². The smallest absolute Gasteiger partial charge is 0.194 e. The molecule has 3 rings (SSSR count). The first-order chi connectivity index (χ1) is 12.7. The molecule has 5 nitrogen and oxygen atoms in total. The molecule has 2 aromatic rings. The molecule has 2 heterocycles. The lowest BCUT2D eigenvalue weighted by Crippen LogP contribution is -2.40. The van der Waals surface area contributed by atoms with E-state index in [1.54, 1.807) is 0 Å². The van der Waals surface area contributed by atoms with Crippen LogP contribution in [-0.4, -0.2) is 40.0 Å². The van der Waals surface area contributed by atoms with Gasteiger partial charge in [-0.25, -0.2) is 9.98 Å². The second kappa shape index (κ2) is 8.88. The predicted molar refractivity (Wildman–Crippen MR) is 107 cm³/mol. The normalized spacial score (nSPS) is 17.9. The van der Waals surface area contributed by atoms with Crippen LogP contribution in [0.1, 0.15) is 44.5 Å². The highest BCUT2D eigenvalue weighted by atomic mass is 15.3. The van der Waals surface area contributed by atoms with Crippen molar-refractivity contribution in [3.63, 3.8) is 0 Å². The minimum absolute atomic E-state index is 0.586. The number of nitrogens with zero attached hydrogens (tertiary/aromatic N) is 4. The number of nitrogens with one attached hydrogen (secondary N) is 1. The van der Waals surface area contributed by atoms with Gasteiger partial charge in [0.25, 0.3) is 0 Å². The van der Waals surface area contributed by atoms with Crippen LogP contribution in [0.2, 0.25) is 0 Å². The van der Waals surface area contributed by atoms with Crippen molar-refractivity contribution in [2.24, 2.45) is 10.9 Å². The third-order valence-corrected chi connectivity index (χ3v) is 4.83. The standard InChI is InChI=1S/C21H31N5/c1-4-22-21(24-14-20-23-11-13-25(20)15-17(2)3)26-12-10-19(16-26)18-8-6-5-7-9-18/h5-9,11,13,17,19H,4,10,12,14-16H2,1-3H3,(H,22,24). The zero-order chi connectivity index (χ0) is 18.4. The van der Waals surface area contributed by atoms with E-state index in [1.807, 2.05) is 6.20 Å². The van der Waals surface area contributed by atoms with Crippen LogP contribution in [0.5, 0.6) is 0 Å². The minimum Gasteiger partial charge on any atom is -0.357 e. The molecule has 1 aromatic carbocycles. The van der Waals surface area contributed by atoms with Crippen molar-refractivity contribution in [1.82, 2.24) is 19.8 Å². The van der Waals surface area contributed by atoms with E-state index in [9.17, 15) is 0 Å². The molecular weight excluding hydrogens is 322 g/mol. The van der Waals surface area contributed by atoms with Crippen LogP contribution < -0.4 is 5.32 Å². The average molecular weight is 354 g/mol. The van der Waals surface area contributed by atoms with Crippen LogP contribution in [0, 0.1) is 5.92 Å². The van der Waals surface area contributed by atoms with Gasteiger partial charge in [0.1, 0.15) is 12.4 Å². The van der Waals surface area contributed by atoms with Crippen LogP contribution in [0.3, 0.4) is 0 Å². The first kappa shape index (κ1) is 18.5. The molecule has 1 fully saturated rings. The van der Waals surface area contributed by atoms with Crippen molar-refractivity contribution < 1.29 is 0 Å². The molecular formula is C21H31N5. The molecule has 0 bridgehead atoms. The lowest BCUT2D eigenvalue weighted by atomic mass is 9.99. The maximum Gasteiger partial charge on any atom is 0.194 e. The van der Waals surface area contributed by atoms with Crippen molar-refractivity contribution in [2.75, 3.05) is 19.6 Å². The van der Waals surface area contributed by atoms with E-state index in [4.69, 9.17) is 4.99 Å². The van der Waals surface area contributed by atoms with Crippen LogP contribution >= 0.6 is 0 Å². The number of imidazole rings is 1. The van der Waals surface area contributed by atoms with Gasteiger partial charge >= 0.3 is 0 Å². The Bertz CT molecular complexity index is 704. The van der Waals surface area contributed by atoms with Gasteiger partial charge in [-0.2, -0.15) is 0 Å². The van der Waals surface area contributed by atoms with Gasteiger partial charge in [-0.15, -0.1) is 0 Å². The van der Waals surface area contributed by atoms with Gasteiger partial charge < -0.3 is 14.8 Å². The topological polar surface area (TPSA) is 45.5 Å². The van der Waals surface area contributed by atoms with Crippen LogP contribution in [0.4, 0.5) is 0 Å². The molecule has 0 radical (unpaired) electrons. The molecule has 0 spiro atoms. The van der Waals surface area contributed by atoms with E-state index in [0.29, 0.717) is 18.4 Å². The van der Waals surface area contributed by atoms with E-state index in [-0.39, 0.29) is 0 Å². The monoisotopic (exact) mass is 353 g/mol. The second-order valence-corrected chi connectivity index (χ2v) is 7.40. The Labute approximate surface area is 157 Å². The van der Waals surface area contributed by atoms with Crippen molar-refractivity contribution in [3.8, 4) is 0 Å². The predicted octanol–water partition coefficient (Wildman–Crippen LogP) is 3.49. The summed E-state index contributed by atoms with van der Waals surface area (Å²) in [4.78, 5) is 11.8. The highest BCUT2D eigenvalue weighted by Crippen LogP contribution is 2.26. The number of aromatic nitrogens is 2. The van der Waals surface area contributed by atoms with Gasteiger partial charge in [-0.05, 0) is 24.8 Å². The van der Waals surface area contributed by atoms with E-state index < -0.39 is 0 Å². The molecule has 1 atom stereocenters. The molecule has 140 valence electrons. The summed E-state index contributed by atoms with van der Waals surface area (Å²) in [7, 11) is 0. The van der Waals surface area contributed by atoms with Gasteiger partial charge in [-0.1, -0.05) is 44.2 Å². The van der Waals surface area contributed by atoms with E-state index >= 15 is 0 Å². The lowest BCUT2D eigenvalue weighted by Gasteiger charge is -2.22. The summed E-state index contributed by atoms with van der Waals surface area (Å²) in [5, 5.41) is 3.46. The van der Waals surface area contributed by atoms with Crippen molar-refractivity contribution >= 4 is 5.96 Å². The Hall–Kier alpha value is -2.30. The molecule has 0 amide bonds. The highest BCUT2D eigenvalue weighted by Gasteiger charge is 2.25. The molecule has 1 unspecified atom stereocenters. The van der Waals surface area contributed by atoms with Crippen LogP contribution in [0.15, 0.2) is 47.7 Å². The Kier molecular flexibility index (Phi) is 6.31. The molecule has 0 saturated carbocycles. The number of likely N-dealkylation sites (tertiary alicyclic amines) is 1. The maximum absolute atomic E-state index is 4.88. The minimum atomic E-state index is 0.586. The first-order valence-electron chi connectivity index (χ1n) is 9.75. The third kappa shape index (κ3) is 4.65. The quantitative estimate of drug-likeness (QED) is 0.639. The molecule has 1 aromatic heterocycles. The zero-order valence-electron chi connectivity index (χ0n) is 16.2. The van der Waals surface area contributed by atoms with Crippen molar-refractivity contribution in [3.05, 3.63) is 54.1 Å². The average Bonchev–Trinajstić information content (AvgIpc) is 3.29. The summed E-state index contributed by atoms with van der Waals surface area (Å²) in [6, 6.07) is 10.8. The van der Waals surface area contributed by atoms with Gasteiger partial charge in [0.2, 0.25) is 0 Å². The fourth-order valence-electron chi connectivity index (χ4n) is 3.57. The Morgan fingerprint density at radius 1 is 1.31 bits per heavy atom. The Morgan fingerprint density at radius 3 is 2.85 bits per heavy atom. The molecule has 26 heavy (non-hydrogen) atoms. The van der Waals surface area contributed by atoms with Crippen LogP contribution in [0.25, 0.3) is 0 Å². The van der Waals surface area contributed by atoms with E-state index in [1.165, 1.54) is 12.0 Å². The Balaban J connectivity index is 1.67. The van der Waals surface area contributed by atoms with Gasteiger partial charge in [0.05, 0.1) is 0 Å². The number of rotatable bonds is 6. The molecule has 0 aliphatic carbocycles. The van der Waals surface area contributed by atoms with E-state index in [0.717, 1.165) is 38.0 Å². The van der Waals surface area contributed by atoms with Crippen molar-refractivity contribution in [2.45, 2.75) is 46.2 Å². The number of hydrogen-bond acceptors (Lipinski definition) is 2. The molecule has 1 aliphatic heterocycles. The van der Waals surface area contributed by atoms with E-state index in [2.05, 4.69) is 77.1 Å². The summed E-state index contributed by atoms with van der Waals surface area (Å²) in [6.45, 7) is 11.1. The number of guanidine groups is 1. The fourth-order valence-corrected chi connectivity index (χ4v) is 3.57. The lowest BCUT2D eigenvalue weighted by molar-refractivity contribution is 0.482. The summed E-state index contributed by atoms with van der Waals surface area (Å²) < 4.78 is 2.22. The zero-order valence-corrected chi connectivity index (χ0v) is 16.2. The highest BCUT2D eigenvalue weighted by molar-refractivity contribution is 5.80. The molecule has 1 N–H and O–H groups in total. The van der Waals surface area contributed by atoms with Crippen molar-refractivity contribution in [1.29, 1.82) is 0 Å². The van der Waals surface area contributed by atoms with Gasteiger partial charge in [0.15, 0.2) is 5.96 Å². The Morgan fingerprint density at radius 2 is 2.12 bits per heavy atom.